The van der Waals surface area contributed by atoms with Gasteiger partial charge in [-0.15, -0.1) is 0 Å². The van der Waals surface area contributed by atoms with Crippen molar-refractivity contribution in [3.05, 3.63) is 0 Å². The molecule has 0 aromatic rings. The Kier molecular flexibility index (Phi) is 42.0. The Labute approximate surface area is 353 Å². The fourth-order valence-electron chi connectivity index (χ4n) is 8.03. The van der Waals surface area contributed by atoms with Gasteiger partial charge < -0.3 is 29.7 Å². The van der Waals surface area contributed by atoms with Gasteiger partial charge >= 0.3 is 11.9 Å². The standard InChI is InChI=1S/C49H97NO7/c1-5-9-13-17-19-23-34-45(32-21-15-11-7-3)48(54)56-39-29-25-31-44(43-52)41-50(37-27-28-38-51)42-47(53)36-26-30-40-57-49(55)46(33-22-16-12-8-4)35-24-20-18-14-10-6-2/h44-47,51-53H,5-43H2,1-4H3/t44?,45?,46?,47-/m1/s1. The Bertz CT molecular complexity index is 858. The number of hydrogen-bond acceptors (Lipinski definition) is 8. The van der Waals surface area contributed by atoms with Crippen LogP contribution in [0.1, 0.15) is 233 Å². The smallest absolute Gasteiger partial charge is 0.308 e. The van der Waals surface area contributed by atoms with Crippen molar-refractivity contribution < 1.29 is 34.4 Å². The lowest BCUT2D eigenvalue weighted by Gasteiger charge is -2.29. The molecule has 3 N–H and O–H groups in total. The van der Waals surface area contributed by atoms with Gasteiger partial charge in [-0.25, -0.2) is 0 Å². The van der Waals surface area contributed by atoms with E-state index in [0.717, 1.165) is 96.4 Å². The minimum Gasteiger partial charge on any atom is -0.465 e. The molecule has 0 saturated carbocycles. The molecule has 0 aliphatic heterocycles. The first-order chi connectivity index (χ1) is 27.9. The molecule has 8 nitrogen and oxygen atoms in total. The molecule has 0 aliphatic rings. The minimum absolute atomic E-state index is 0.0118. The zero-order valence-electron chi connectivity index (χ0n) is 38.3. The lowest BCUT2D eigenvalue weighted by molar-refractivity contribution is -0.150. The van der Waals surface area contributed by atoms with Crippen LogP contribution >= 0.6 is 0 Å². The van der Waals surface area contributed by atoms with E-state index in [1.54, 1.807) is 0 Å². The van der Waals surface area contributed by atoms with E-state index < -0.39 is 6.10 Å². The highest BCUT2D eigenvalue weighted by Crippen LogP contribution is 2.23. The lowest BCUT2D eigenvalue weighted by atomic mass is 9.94. The number of hydrogen-bond donors (Lipinski definition) is 3. The molecular formula is C49H97NO7. The van der Waals surface area contributed by atoms with Gasteiger partial charge in [0.25, 0.3) is 0 Å². The normalized spacial score (nSPS) is 13.8. The van der Waals surface area contributed by atoms with Crippen molar-refractivity contribution in [2.24, 2.45) is 17.8 Å². The summed E-state index contributed by atoms with van der Waals surface area (Å²) in [5.74, 6) is 0.0506. The van der Waals surface area contributed by atoms with Crippen molar-refractivity contribution in [1.29, 1.82) is 0 Å². The fourth-order valence-corrected chi connectivity index (χ4v) is 8.03. The van der Waals surface area contributed by atoms with Crippen LogP contribution in [-0.4, -0.2) is 84.3 Å². The summed E-state index contributed by atoms with van der Waals surface area (Å²) in [5.41, 5.74) is 0. The van der Waals surface area contributed by atoms with Crippen LogP contribution in [-0.2, 0) is 19.1 Å². The van der Waals surface area contributed by atoms with Gasteiger partial charge in [-0.2, -0.15) is 0 Å². The van der Waals surface area contributed by atoms with E-state index in [9.17, 15) is 24.9 Å². The average Bonchev–Trinajstić information content (AvgIpc) is 3.20. The first-order valence-electron chi connectivity index (χ1n) is 24.8. The Morgan fingerprint density at radius 2 is 0.842 bits per heavy atom. The summed E-state index contributed by atoms with van der Waals surface area (Å²) < 4.78 is 11.6. The van der Waals surface area contributed by atoms with Crippen molar-refractivity contribution in [3.63, 3.8) is 0 Å². The van der Waals surface area contributed by atoms with Crippen LogP contribution in [0.25, 0.3) is 0 Å². The molecule has 0 bridgehead atoms. The van der Waals surface area contributed by atoms with Gasteiger partial charge in [0.2, 0.25) is 0 Å². The Morgan fingerprint density at radius 1 is 0.456 bits per heavy atom. The van der Waals surface area contributed by atoms with Gasteiger partial charge in [0.15, 0.2) is 0 Å². The van der Waals surface area contributed by atoms with Crippen LogP contribution < -0.4 is 0 Å². The Balaban J connectivity index is 4.72. The summed E-state index contributed by atoms with van der Waals surface area (Å²) in [5, 5.41) is 30.6. The van der Waals surface area contributed by atoms with Gasteiger partial charge in [0.1, 0.15) is 0 Å². The van der Waals surface area contributed by atoms with E-state index in [4.69, 9.17) is 9.47 Å². The number of unbranched alkanes of at least 4 members (excludes halogenated alkanes) is 19. The van der Waals surface area contributed by atoms with Crippen molar-refractivity contribution in [1.82, 2.24) is 4.90 Å². The molecule has 0 fully saturated rings. The first-order valence-corrected chi connectivity index (χ1v) is 24.8. The molecule has 0 radical (unpaired) electrons. The number of aliphatic hydroxyl groups excluding tert-OH is 3. The van der Waals surface area contributed by atoms with E-state index in [-0.39, 0.29) is 42.9 Å². The molecule has 0 aromatic carbocycles. The number of rotatable bonds is 45. The van der Waals surface area contributed by atoms with Crippen LogP contribution in [0, 0.1) is 17.8 Å². The third-order valence-corrected chi connectivity index (χ3v) is 11.8. The molecule has 3 unspecified atom stereocenters. The minimum atomic E-state index is -0.501. The second kappa shape index (κ2) is 42.9. The highest BCUT2D eigenvalue weighted by Gasteiger charge is 2.22. The van der Waals surface area contributed by atoms with Crippen LogP contribution in [0.2, 0.25) is 0 Å². The largest absolute Gasteiger partial charge is 0.465 e. The van der Waals surface area contributed by atoms with E-state index in [0.29, 0.717) is 39.1 Å². The predicted octanol–water partition coefficient (Wildman–Crippen LogP) is 12.1. The van der Waals surface area contributed by atoms with E-state index in [2.05, 4.69) is 32.6 Å². The topological polar surface area (TPSA) is 117 Å². The molecule has 57 heavy (non-hydrogen) atoms. The summed E-state index contributed by atoms with van der Waals surface area (Å²) in [7, 11) is 0. The molecule has 0 heterocycles. The van der Waals surface area contributed by atoms with E-state index >= 15 is 0 Å². The quantitative estimate of drug-likeness (QED) is 0.0411. The number of carbonyl (C=O) groups excluding carboxylic acids is 2. The average molecular weight is 812 g/mol. The van der Waals surface area contributed by atoms with Crippen molar-refractivity contribution in [3.8, 4) is 0 Å². The molecule has 8 heteroatoms. The van der Waals surface area contributed by atoms with Gasteiger partial charge in [0, 0.05) is 26.3 Å². The molecular weight excluding hydrogens is 715 g/mol. The summed E-state index contributed by atoms with van der Waals surface area (Å²) >= 11 is 0. The second-order valence-corrected chi connectivity index (χ2v) is 17.4. The summed E-state index contributed by atoms with van der Waals surface area (Å²) in [4.78, 5) is 28.3. The molecule has 0 aliphatic carbocycles. The lowest BCUT2D eigenvalue weighted by Crippen LogP contribution is -2.38. The molecule has 0 amide bonds. The van der Waals surface area contributed by atoms with Gasteiger partial charge in [-0.05, 0) is 89.5 Å². The van der Waals surface area contributed by atoms with Crippen LogP contribution in [0.3, 0.4) is 0 Å². The molecule has 340 valence electrons. The molecule has 4 atom stereocenters. The molecule has 0 saturated heterocycles. The van der Waals surface area contributed by atoms with Crippen molar-refractivity contribution in [2.75, 3.05) is 46.1 Å². The maximum Gasteiger partial charge on any atom is 0.308 e. The summed E-state index contributed by atoms with van der Waals surface area (Å²) in [6.45, 7) is 12.0. The first kappa shape index (κ1) is 55.8. The number of nitrogens with zero attached hydrogens (tertiary/aromatic N) is 1. The Morgan fingerprint density at radius 3 is 1.26 bits per heavy atom. The SMILES string of the molecule is CCCCCCCCC(CCCCCC)C(=O)OCCCCC(CO)CN(CCCCO)C[C@H](O)CCCCOC(=O)C(CCCCCC)CCCCCCCC. The van der Waals surface area contributed by atoms with Gasteiger partial charge in [-0.3, -0.25) is 9.59 Å². The van der Waals surface area contributed by atoms with Gasteiger partial charge in [0.05, 0.1) is 31.2 Å². The third-order valence-electron chi connectivity index (χ3n) is 11.8. The van der Waals surface area contributed by atoms with E-state index in [1.165, 1.54) is 103 Å². The predicted molar refractivity (Wildman–Crippen MR) is 239 cm³/mol. The monoisotopic (exact) mass is 812 g/mol. The van der Waals surface area contributed by atoms with Crippen LogP contribution in [0.4, 0.5) is 0 Å². The number of esters is 2. The summed E-state index contributed by atoms with van der Waals surface area (Å²) in [6.07, 6.45) is 33.6. The number of aliphatic hydroxyl groups is 3. The maximum absolute atomic E-state index is 13.1. The van der Waals surface area contributed by atoms with Crippen molar-refractivity contribution >= 4 is 11.9 Å². The zero-order valence-corrected chi connectivity index (χ0v) is 38.3. The molecule has 0 spiro atoms. The fraction of sp³-hybridized carbons (Fsp3) is 0.959. The van der Waals surface area contributed by atoms with Crippen LogP contribution in [0.5, 0.6) is 0 Å². The van der Waals surface area contributed by atoms with Crippen molar-refractivity contribution in [2.45, 2.75) is 239 Å². The van der Waals surface area contributed by atoms with E-state index in [1.807, 2.05) is 0 Å². The van der Waals surface area contributed by atoms with Gasteiger partial charge in [-0.1, -0.05) is 156 Å². The molecule has 0 rings (SSSR count). The maximum atomic E-state index is 13.1. The zero-order chi connectivity index (χ0) is 42.0. The number of carbonyl (C=O) groups is 2. The second-order valence-electron chi connectivity index (χ2n) is 17.4. The van der Waals surface area contributed by atoms with Crippen LogP contribution in [0.15, 0.2) is 0 Å². The Hall–Kier alpha value is -1.22. The third kappa shape index (κ3) is 35.3. The molecule has 0 aromatic heterocycles. The highest BCUT2D eigenvalue weighted by molar-refractivity contribution is 5.72. The highest BCUT2D eigenvalue weighted by atomic mass is 16.5. The summed E-state index contributed by atoms with van der Waals surface area (Å²) in [6, 6.07) is 0. The number of ether oxygens (including phenoxy) is 2.